The summed E-state index contributed by atoms with van der Waals surface area (Å²) in [7, 11) is 1.78. The lowest BCUT2D eigenvalue weighted by Crippen LogP contribution is -2.48. The third-order valence-electron chi connectivity index (χ3n) is 7.06. The predicted octanol–water partition coefficient (Wildman–Crippen LogP) is 3.33. The van der Waals surface area contributed by atoms with Gasteiger partial charge in [-0.2, -0.15) is 4.68 Å². The fourth-order valence-electron chi connectivity index (χ4n) is 4.77. The Balaban J connectivity index is 1.52. The number of fused-ring (bicyclic) bond motifs is 1. The van der Waals surface area contributed by atoms with Gasteiger partial charge in [0.1, 0.15) is 0 Å². The highest BCUT2D eigenvalue weighted by Gasteiger charge is 2.27. The smallest absolute Gasteiger partial charge is 0.388 e. The fraction of sp³-hybridized carbons (Fsp3) is 0.448. The second-order valence-electron chi connectivity index (χ2n) is 9.91. The highest BCUT2D eigenvalue weighted by Crippen LogP contribution is 2.27. The molecule has 0 spiro atoms. The van der Waals surface area contributed by atoms with E-state index in [1.807, 2.05) is 43.1 Å². The quantitative estimate of drug-likeness (QED) is 0.356. The molecule has 39 heavy (non-hydrogen) atoms. The monoisotopic (exact) mass is 534 g/mol. The van der Waals surface area contributed by atoms with Gasteiger partial charge in [-0.1, -0.05) is 44.0 Å². The van der Waals surface area contributed by atoms with Crippen molar-refractivity contribution in [3.63, 3.8) is 0 Å². The molecule has 0 unspecified atom stereocenters. The molecule has 1 N–H and O–H groups in total. The first-order valence-electron chi connectivity index (χ1n) is 13.6. The molecule has 1 aromatic heterocycles. The lowest BCUT2D eigenvalue weighted by atomic mass is 10.1. The van der Waals surface area contributed by atoms with Crippen molar-refractivity contribution in [2.24, 2.45) is 0 Å². The molecule has 0 fully saturated rings. The lowest BCUT2D eigenvalue weighted by Gasteiger charge is -2.32. The number of likely N-dealkylation sites (N-methyl/N-ethyl adjacent to an activating group) is 1. The van der Waals surface area contributed by atoms with Crippen LogP contribution in [-0.2, 0) is 29.2 Å². The molecule has 10 nitrogen and oxygen atoms in total. The number of carbonyl (C=O) groups excluding carboxylic acids is 2. The molecule has 2 heterocycles. The van der Waals surface area contributed by atoms with E-state index in [1.54, 1.807) is 23.0 Å². The molecule has 0 saturated carbocycles. The maximum absolute atomic E-state index is 13.5. The lowest BCUT2D eigenvalue weighted by molar-refractivity contribution is -0.145. The van der Waals surface area contributed by atoms with Crippen molar-refractivity contribution >= 4 is 17.5 Å². The minimum atomic E-state index is -0.506. The summed E-state index contributed by atoms with van der Waals surface area (Å²) in [4.78, 5) is 40.1. The summed E-state index contributed by atoms with van der Waals surface area (Å²) in [5.41, 5.74) is 4.67. The molecule has 0 saturated heterocycles. The maximum Gasteiger partial charge on any atom is 0.437 e. The Labute approximate surface area is 229 Å². The fourth-order valence-corrected chi connectivity index (χ4v) is 4.77. The van der Waals surface area contributed by atoms with Gasteiger partial charge in [-0.05, 0) is 55.2 Å². The molecule has 3 aromatic rings. The average Bonchev–Trinajstić information content (AvgIpc) is 3.53. The van der Waals surface area contributed by atoms with Crippen LogP contribution in [-0.4, -0.2) is 58.3 Å². The number of nitrogens with one attached hydrogen (secondary N) is 1. The van der Waals surface area contributed by atoms with Crippen LogP contribution in [0.1, 0.15) is 49.8 Å². The molecule has 208 valence electrons. The van der Waals surface area contributed by atoms with Crippen molar-refractivity contribution in [1.29, 1.82) is 0 Å². The second kappa shape index (κ2) is 12.8. The number of hydrogen-bond donors (Lipinski definition) is 1. The van der Waals surface area contributed by atoms with Crippen LogP contribution >= 0.6 is 0 Å². The van der Waals surface area contributed by atoms with Crippen molar-refractivity contribution in [1.82, 2.24) is 25.1 Å². The van der Waals surface area contributed by atoms with Gasteiger partial charge in [0.25, 0.3) is 5.91 Å². The van der Waals surface area contributed by atoms with Gasteiger partial charge in [0.2, 0.25) is 11.8 Å². The zero-order chi connectivity index (χ0) is 27.9. The van der Waals surface area contributed by atoms with E-state index in [0.717, 1.165) is 30.5 Å². The number of anilines is 1. The van der Waals surface area contributed by atoms with Gasteiger partial charge in [0, 0.05) is 44.5 Å². The van der Waals surface area contributed by atoms with Crippen LogP contribution in [0.15, 0.2) is 51.7 Å². The Bertz CT molecular complexity index is 1340. The Morgan fingerprint density at radius 3 is 2.38 bits per heavy atom. The number of unbranched alkanes of at least 4 members (excludes halogenated alkanes) is 2. The third kappa shape index (κ3) is 6.75. The summed E-state index contributed by atoms with van der Waals surface area (Å²) in [6.45, 7) is 8.29. The zero-order valence-corrected chi connectivity index (χ0v) is 23.3. The SMILES string of the molecule is CCCCCNC(=O)CN(CC(=O)N(C)N1Cc2ccccc2C1)c1ccc(-c2nn(CC)c(=O)o2)cc1C. The first-order chi connectivity index (χ1) is 18.8. The summed E-state index contributed by atoms with van der Waals surface area (Å²) in [6.07, 6.45) is 3.05. The number of amides is 2. The molecule has 10 heteroatoms. The first-order valence-corrected chi connectivity index (χ1v) is 13.6. The van der Waals surface area contributed by atoms with Crippen LogP contribution in [0.3, 0.4) is 0 Å². The van der Waals surface area contributed by atoms with Crippen molar-refractivity contribution in [2.45, 2.75) is 59.7 Å². The summed E-state index contributed by atoms with van der Waals surface area (Å²) in [5.74, 6) is -0.515. The summed E-state index contributed by atoms with van der Waals surface area (Å²) >= 11 is 0. The standard InChI is InChI=1S/C29H38N6O4/c1-5-7-10-15-30-26(36)19-33(20-27(37)32(4)34-17-23-11-8-9-12-24(23)18-34)25-14-13-22(16-21(25)3)28-31-35(6-2)29(38)39-28/h8-9,11-14,16H,5-7,10,15,17-20H2,1-4H3,(H,30,36). The normalized spacial score (nSPS) is 12.8. The van der Waals surface area contributed by atoms with Gasteiger partial charge in [-0.15, -0.1) is 5.10 Å². The van der Waals surface area contributed by atoms with E-state index < -0.39 is 5.76 Å². The first kappa shape index (κ1) is 28.1. The van der Waals surface area contributed by atoms with Crippen molar-refractivity contribution in [3.05, 3.63) is 69.7 Å². The number of carbonyl (C=O) groups is 2. The van der Waals surface area contributed by atoms with Crippen molar-refractivity contribution in [2.75, 3.05) is 31.6 Å². The highest BCUT2D eigenvalue weighted by molar-refractivity contribution is 5.87. The Kier molecular flexibility index (Phi) is 9.19. The predicted molar refractivity (Wildman–Crippen MR) is 150 cm³/mol. The molecule has 0 bridgehead atoms. The molecule has 2 aromatic carbocycles. The van der Waals surface area contributed by atoms with E-state index in [4.69, 9.17) is 4.42 Å². The minimum absolute atomic E-state index is 0.0332. The molecule has 2 amide bonds. The largest absolute Gasteiger partial charge is 0.437 e. The van der Waals surface area contributed by atoms with Gasteiger partial charge < -0.3 is 14.6 Å². The number of hydrazine groups is 1. The third-order valence-corrected chi connectivity index (χ3v) is 7.06. The molecule has 4 rings (SSSR count). The van der Waals surface area contributed by atoms with Crippen molar-refractivity contribution in [3.8, 4) is 11.5 Å². The number of hydrogen-bond acceptors (Lipinski definition) is 7. The molecular formula is C29H38N6O4. The number of aryl methyl sites for hydroxylation is 2. The van der Waals surface area contributed by atoms with Crippen LogP contribution in [0.5, 0.6) is 0 Å². The van der Waals surface area contributed by atoms with Crippen LogP contribution in [0, 0.1) is 6.92 Å². The van der Waals surface area contributed by atoms with Gasteiger partial charge in [0.05, 0.1) is 13.1 Å². The Hall–Kier alpha value is -3.92. The number of rotatable bonds is 12. The van der Waals surface area contributed by atoms with E-state index in [2.05, 4.69) is 29.5 Å². The minimum Gasteiger partial charge on any atom is -0.388 e. The van der Waals surface area contributed by atoms with E-state index in [9.17, 15) is 14.4 Å². The van der Waals surface area contributed by atoms with E-state index in [0.29, 0.717) is 31.7 Å². The van der Waals surface area contributed by atoms with Gasteiger partial charge >= 0.3 is 5.76 Å². The van der Waals surface area contributed by atoms with E-state index >= 15 is 0 Å². The average molecular weight is 535 g/mol. The number of benzene rings is 2. The van der Waals surface area contributed by atoms with Gasteiger partial charge in [-0.3, -0.25) is 14.6 Å². The van der Waals surface area contributed by atoms with Crippen molar-refractivity contribution < 1.29 is 14.0 Å². The molecule has 1 aliphatic heterocycles. The maximum atomic E-state index is 13.5. The Morgan fingerprint density at radius 2 is 1.77 bits per heavy atom. The van der Waals surface area contributed by atoms with E-state index in [-0.39, 0.29) is 30.8 Å². The molecule has 1 aliphatic rings. The molecular weight excluding hydrogens is 496 g/mol. The number of nitrogens with zero attached hydrogens (tertiary/aromatic N) is 5. The topological polar surface area (TPSA) is 104 Å². The second-order valence-corrected chi connectivity index (χ2v) is 9.91. The summed E-state index contributed by atoms with van der Waals surface area (Å²) in [5, 5.41) is 10.9. The Morgan fingerprint density at radius 1 is 1.05 bits per heavy atom. The summed E-state index contributed by atoms with van der Waals surface area (Å²) in [6, 6.07) is 13.7. The number of aromatic nitrogens is 2. The van der Waals surface area contributed by atoms with Crippen LogP contribution in [0.25, 0.3) is 11.5 Å². The molecule has 0 aliphatic carbocycles. The van der Waals surface area contributed by atoms with Crippen LogP contribution in [0.4, 0.5) is 5.69 Å². The summed E-state index contributed by atoms with van der Waals surface area (Å²) < 4.78 is 6.57. The van der Waals surface area contributed by atoms with Crippen LogP contribution in [0.2, 0.25) is 0 Å². The highest BCUT2D eigenvalue weighted by atomic mass is 16.4. The molecule has 0 radical (unpaired) electrons. The molecule has 0 atom stereocenters. The van der Waals surface area contributed by atoms with E-state index in [1.165, 1.54) is 15.8 Å². The van der Waals surface area contributed by atoms with Gasteiger partial charge in [-0.25, -0.2) is 9.80 Å². The van der Waals surface area contributed by atoms with Gasteiger partial charge in [0.15, 0.2) is 0 Å². The van der Waals surface area contributed by atoms with Crippen LogP contribution < -0.4 is 16.0 Å². The zero-order valence-electron chi connectivity index (χ0n) is 23.3.